The molecule has 0 spiro atoms. The molecule has 1 atom stereocenters. The van der Waals surface area contributed by atoms with Gasteiger partial charge in [0.25, 0.3) is 0 Å². The average Bonchev–Trinajstić information content (AvgIpc) is 2.48. The van der Waals surface area contributed by atoms with Crippen LogP contribution >= 0.6 is 0 Å². The second-order valence-electron chi connectivity index (χ2n) is 7.40. The van der Waals surface area contributed by atoms with Crippen molar-refractivity contribution in [2.75, 3.05) is 26.2 Å². The molecule has 0 aromatic rings. The number of aliphatic hydroxyl groups is 2. The number of nitrogens with one attached hydrogen (secondary N) is 1. The van der Waals surface area contributed by atoms with Crippen molar-refractivity contribution in [2.45, 2.75) is 70.0 Å². The molecule has 2 aliphatic rings. The van der Waals surface area contributed by atoms with Crippen molar-refractivity contribution < 1.29 is 15.0 Å². The first-order chi connectivity index (χ1) is 10.5. The standard InChI is InChI=1S/C17H32N2O3/c1-14-5-9-19(10-6-14)13-15(20)12-18-16(21)11-17(22)7-3-2-4-8-17/h14-15,20,22H,2-13H2,1H3,(H,18,21). The monoisotopic (exact) mass is 312 g/mol. The number of nitrogens with zero attached hydrogens (tertiary/aromatic N) is 1. The number of carbonyl (C=O) groups is 1. The second-order valence-corrected chi connectivity index (χ2v) is 7.40. The van der Waals surface area contributed by atoms with Crippen molar-refractivity contribution in [3.8, 4) is 0 Å². The Balaban J connectivity index is 1.63. The Bertz CT molecular complexity index is 348. The molecule has 0 radical (unpaired) electrons. The minimum Gasteiger partial charge on any atom is -0.390 e. The van der Waals surface area contributed by atoms with Crippen LogP contribution in [0, 0.1) is 5.92 Å². The Labute approximate surface area is 134 Å². The maximum atomic E-state index is 12.0. The number of carbonyl (C=O) groups excluding carboxylic acids is 1. The highest BCUT2D eigenvalue weighted by Crippen LogP contribution is 2.30. The zero-order valence-electron chi connectivity index (χ0n) is 13.9. The molecule has 2 fully saturated rings. The van der Waals surface area contributed by atoms with E-state index in [1.165, 1.54) is 12.8 Å². The largest absolute Gasteiger partial charge is 0.390 e. The molecular formula is C17H32N2O3. The van der Waals surface area contributed by atoms with Gasteiger partial charge in [0.1, 0.15) is 0 Å². The second kappa shape index (κ2) is 8.27. The van der Waals surface area contributed by atoms with Crippen LogP contribution < -0.4 is 5.32 Å². The molecule has 0 bridgehead atoms. The summed E-state index contributed by atoms with van der Waals surface area (Å²) in [5.74, 6) is 0.639. The van der Waals surface area contributed by atoms with Gasteiger partial charge in [0, 0.05) is 13.1 Å². The maximum absolute atomic E-state index is 12.0. The maximum Gasteiger partial charge on any atom is 0.222 e. The van der Waals surface area contributed by atoms with Gasteiger partial charge in [-0.15, -0.1) is 0 Å². The van der Waals surface area contributed by atoms with E-state index in [0.717, 1.165) is 51.1 Å². The fourth-order valence-electron chi connectivity index (χ4n) is 3.59. The Morgan fingerprint density at radius 1 is 1.27 bits per heavy atom. The fourth-order valence-corrected chi connectivity index (χ4v) is 3.59. The highest BCUT2D eigenvalue weighted by molar-refractivity contribution is 5.77. The third-order valence-electron chi connectivity index (χ3n) is 5.15. The normalized spacial score (nSPS) is 24.9. The van der Waals surface area contributed by atoms with Crippen LogP contribution in [0.5, 0.6) is 0 Å². The summed E-state index contributed by atoms with van der Waals surface area (Å²) in [4.78, 5) is 14.2. The number of rotatable bonds is 6. The van der Waals surface area contributed by atoms with Crippen LogP contribution in [0.1, 0.15) is 58.3 Å². The lowest BCUT2D eigenvalue weighted by Gasteiger charge is -2.32. The quantitative estimate of drug-likeness (QED) is 0.691. The third kappa shape index (κ3) is 5.86. The van der Waals surface area contributed by atoms with Crippen LogP contribution in [0.15, 0.2) is 0 Å². The Hall–Kier alpha value is -0.650. The van der Waals surface area contributed by atoms with E-state index in [4.69, 9.17) is 0 Å². The van der Waals surface area contributed by atoms with Gasteiger partial charge in [-0.05, 0) is 44.7 Å². The number of β-amino-alcohol motifs (C(OH)–C–C–N with tert-alkyl or cyclic N) is 1. The molecule has 0 aromatic carbocycles. The van der Waals surface area contributed by atoms with Crippen molar-refractivity contribution in [3.05, 3.63) is 0 Å². The number of aliphatic hydroxyl groups excluding tert-OH is 1. The Kier molecular flexibility index (Phi) is 6.66. The van der Waals surface area contributed by atoms with Crippen LogP contribution in [-0.2, 0) is 4.79 Å². The molecule has 22 heavy (non-hydrogen) atoms. The number of amides is 1. The smallest absolute Gasteiger partial charge is 0.222 e. The van der Waals surface area contributed by atoms with Gasteiger partial charge in [-0.3, -0.25) is 4.79 Å². The van der Waals surface area contributed by atoms with E-state index in [0.29, 0.717) is 6.54 Å². The summed E-state index contributed by atoms with van der Waals surface area (Å²) >= 11 is 0. The van der Waals surface area contributed by atoms with E-state index in [2.05, 4.69) is 17.1 Å². The van der Waals surface area contributed by atoms with E-state index in [1.807, 2.05) is 0 Å². The molecule has 1 unspecified atom stereocenters. The predicted octanol–water partition coefficient (Wildman–Crippen LogP) is 1.28. The average molecular weight is 312 g/mol. The first-order valence-electron chi connectivity index (χ1n) is 8.86. The summed E-state index contributed by atoms with van der Waals surface area (Å²) in [6, 6.07) is 0. The summed E-state index contributed by atoms with van der Waals surface area (Å²) in [6.07, 6.45) is 6.60. The first-order valence-corrected chi connectivity index (χ1v) is 8.86. The minimum atomic E-state index is -0.823. The van der Waals surface area contributed by atoms with Crippen LogP contribution in [-0.4, -0.2) is 58.9 Å². The fraction of sp³-hybridized carbons (Fsp3) is 0.941. The summed E-state index contributed by atoms with van der Waals surface area (Å²) in [5.41, 5.74) is -0.823. The summed E-state index contributed by atoms with van der Waals surface area (Å²) < 4.78 is 0. The zero-order valence-corrected chi connectivity index (χ0v) is 13.9. The van der Waals surface area contributed by atoms with Gasteiger partial charge < -0.3 is 20.4 Å². The van der Waals surface area contributed by atoms with E-state index in [9.17, 15) is 15.0 Å². The van der Waals surface area contributed by atoms with Gasteiger partial charge in [-0.2, -0.15) is 0 Å². The molecule has 128 valence electrons. The summed E-state index contributed by atoms with van der Waals surface area (Å²) in [5, 5.41) is 23.2. The number of hydrogen-bond acceptors (Lipinski definition) is 4. The van der Waals surface area contributed by atoms with Gasteiger partial charge in [0.2, 0.25) is 5.91 Å². The predicted molar refractivity (Wildman–Crippen MR) is 86.5 cm³/mol. The van der Waals surface area contributed by atoms with Crippen LogP contribution in [0.2, 0.25) is 0 Å². The van der Waals surface area contributed by atoms with Gasteiger partial charge in [0.15, 0.2) is 0 Å². The minimum absolute atomic E-state index is 0.143. The lowest BCUT2D eigenvalue weighted by molar-refractivity contribution is -0.128. The number of likely N-dealkylation sites (tertiary alicyclic amines) is 1. The molecule has 2 rings (SSSR count). The topological polar surface area (TPSA) is 72.8 Å². The molecule has 1 aliphatic carbocycles. The molecule has 5 nitrogen and oxygen atoms in total. The number of piperidine rings is 1. The van der Waals surface area contributed by atoms with E-state index in [1.54, 1.807) is 0 Å². The van der Waals surface area contributed by atoms with Crippen molar-refractivity contribution in [3.63, 3.8) is 0 Å². The van der Waals surface area contributed by atoms with Gasteiger partial charge >= 0.3 is 0 Å². The molecule has 1 heterocycles. The SMILES string of the molecule is CC1CCN(CC(O)CNC(=O)CC2(O)CCCCC2)CC1. The lowest BCUT2D eigenvalue weighted by Crippen LogP contribution is -2.44. The molecule has 1 aliphatic heterocycles. The van der Waals surface area contributed by atoms with Crippen molar-refractivity contribution in [2.24, 2.45) is 5.92 Å². The van der Waals surface area contributed by atoms with E-state index >= 15 is 0 Å². The van der Waals surface area contributed by atoms with Crippen molar-refractivity contribution in [1.82, 2.24) is 10.2 Å². The molecule has 3 N–H and O–H groups in total. The van der Waals surface area contributed by atoms with Gasteiger partial charge in [-0.1, -0.05) is 26.2 Å². The number of hydrogen-bond donors (Lipinski definition) is 3. The van der Waals surface area contributed by atoms with Crippen LogP contribution in [0.3, 0.4) is 0 Å². The van der Waals surface area contributed by atoms with Gasteiger partial charge in [-0.25, -0.2) is 0 Å². The van der Waals surface area contributed by atoms with Gasteiger partial charge in [0.05, 0.1) is 18.1 Å². The van der Waals surface area contributed by atoms with Crippen LogP contribution in [0.25, 0.3) is 0 Å². The molecule has 1 saturated carbocycles. The van der Waals surface area contributed by atoms with E-state index < -0.39 is 11.7 Å². The first kappa shape index (κ1) is 17.7. The highest BCUT2D eigenvalue weighted by atomic mass is 16.3. The highest BCUT2D eigenvalue weighted by Gasteiger charge is 2.31. The zero-order chi connectivity index (χ0) is 16.0. The molecular weight excluding hydrogens is 280 g/mol. The summed E-state index contributed by atoms with van der Waals surface area (Å²) in [6.45, 7) is 5.24. The Morgan fingerprint density at radius 2 is 1.91 bits per heavy atom. The molecule has 0 aromatic heterocycles. The van der Waals surface area contributed by atoms with Crippen LogP contribution in [0.4, 0.5) is 0 Å². The molecule has 5 heteroatoms. The third-order valence-corrected chi connectivity index (χ3v) is 5.15. The molecule has 1 saturated heterocycles. The van der Waals surface area contributed by atoms with E-state index in [-0.39, 0.29) is 18.9 Å². The molecule has 1 amide bonds. The summed E-state index contributed by atoms with van der Waals surface area (Å²) in [7, 11) is 0. The Morgan fingerprint density at radius 3 is 2.55 bits per heavy atom. The lowest BCUT2D eigenvalue weighted by atomic mass is 9.82. The van der Waals surface area contributed by atoms with Crippen molar-refractivity contribution in [1.29, 1.82) is 0 Å². The van der Waals surface area contributed by atoms with Crippen molar-refractivity contribution >= 4 is 5.91 Å².